The smallest absolute Gasteiger partial charge is 0.407 e. The van der Waals surface area contributed by atoms with Crippen LogP contribution in [0.15, 0.2) is 23.2 Å². The SMILES string of the molecule is CC(C)(C)NC(=O)O[C@@H]1CC[C@H](c2cc(Nc3nccc4c3CCS4)n[nH]2)C1. The van der Waals surface area contributed by atoms with Crippen LogP contribution in [0.4, 0.5) is 16.4 Å². The summed E-state index contributed by atoms with van der Waals surface area (Å²) in [5.74, 6) is 3.10. The van der Waals surface area contributed by atoms with E-state index in [2.05, 4.69) is 31.9 Å². The van der Waals surface area contributed by atoms with Crippen molar-refractivity contribution in [3.63, 3.8) is 0 Å². The number of nitrogens with zero attached hydrogens (tertiary/aromatic N) is 2. The number of rotatable bonds is 4. The summed E-state index contributed by atoms with van der Waals surface area (Å²) < 4.78 is 5.58. The van der Waals surface area contributed by atoms with E-state index in [1.807, 2.05) is 44.8 Å². The van der Waals surface area contributed by atoms with E-state index in [4.69, 9.17) is 4.74 Å². The number of H-pyrrole nitrogens is 1. The van der Waals surface area contributed by atoms with E-state index in [0.29, 0.717) is 5.92 Å². The second-order valence-corrected chi connectivity index (χ2v) is 9.62. The molecular formula is C20H27N5O2S. The average molecular weight is 402 g/mol. The van der Waals surface area contributed by atoms with Crippen molar-refractivity contribution in [3.05, 3.63) is 29.6 Å². The molecule has 2 aromatic heterocycles. The number of pyridine rings is 1. The molecular weight excluding hydrogens is 374 g/mol. The molecule has 3 heterocycles. The van der Waals surface area contributed by atoms with Crippen molar-refractivity contribution in [3.8, 4) is 0 Å². The topological polar surface area (TPSA) is 91.9 Å². The number of anilines is 2. The third-order valence-electron chi connectivity index (χ3n) is 5.04. The first-order valence-electron chi connectivity index (χ1n) is 9.79. The molecule has 8 heteroatoms. The van der Waals surface area contributed by atoms with Crippen LogP contribution in [0.3, 0.4) is 0 Å². The number of aromatic amines is 1. The molecule has 2 aromatic rings. The van der Waals surface area contributed by atoms with Crippen LogP contribution >= 0.6 is 11.8 Å². The largest absolute Gasteiger partial charge is 0.446 e. The Morgan fingerprint density at radius 1 is 1.36 bits per heavy atom. The zero-order chi connectivity index (χ0) is 19.7. The molecule has 28 heavy (non-hydrogen) atoms. The number of aromatic nitrogens is 3. The molecule has 3 N–H and O–H groups in total. The number of hydrogen-bond acceptors (Lipinski definition) is 6. The maximum absolute atomic E-state index is 12.0. The number of alkyl carbamates (subject to hydrolysis) is 1. The molecule has 0 unspecified atom stereocenters. The van der Waals surface area contributed by atoms with Gasteiger partial charge in [-0.3, -0.25) is 5.10 Å². The van der Waals surface area contributed by atoms with Crippen molar-refractivity contribution < 1.29 is 9.53 Å². The third kappa shape index (κ3) is 4.43. The van der Waals surface area contributed by atoms with E-state index >= 15 is 0 Å². The van der Waals surface area contributed by atoms with Gasteiger partial charge in [-0.05, 0) is 52.5 Å². The fourth-order valence-corrected chi connectivity index (χ4v) is 4.83. The molecule has 0 saturated heterocycles. The summed E-state index contributed by atoms with van der Waals surface area (Å²) in [6, 6.07) is 4.12. The molecule has 1 saturated carbocycles. The number of nitrogens with one attached hydrogen (secondary N) is 3. The Morgan fingerprint density at radius 2 is 2.21 bits per heavy atom. The average Bonchev–Trinajstić information content (AvgIpc) is 3.32. The van der Waals surface area contributed by atoms with Crippen LogP contribution in [-0.2, 0) is 11.2 Å². The number of fused-ring (bicyclic) bond motifs is 1. The number of amides is 1. The zero-order valence-electron chi connectivity index (χ0n) is 16.5. The lowest BCUT2D eigenvalue weighted by Gasteiger charge is -2.22. The summed E-state index contributed by atoms with van der Waals surface area (Å²) in [6.07, 6.45) is 5.14. The minimum Gasteiger partial charge on any atom is -0.446 e. The zero-order valence-corrected chi connectivity index (χ0v) is 17.4. The lowest BCUT2D eigenvalue weighted by atomic mass is 10.0. The van der Waals surface area contributed by atoms with E-state index in [1.165, 1.54) is 10.5 Å². The predicted octanol–water partition coefficient (Wildman–Crippen LogP) is 4.36. The third-order valence-corrected chi connectivity index (χ3v) is 6.14. The Hall–Kier alpha value is -2.22. The van der Waals surface area contributed by atoms with Gasteiger partial charge in [0.2, 0.25) is 0 Å². The van der Waals surface area contributed by atoms with Crippen LogP contribution in [0.2, 0.25) is 0 Å². The molecule has 0 bridgehead atoms. The second-order valence-electron chi connectivity index (χ2n) is 8.48. The first kappa shape index (κ1) is 19.1. The molecule has 1 aliphatic carbocycles. The first-order valence-corrected chi connectivity index (χ1v) is 10.8. The van der Waals surface area contributed by atoms with Gasteiger partial charge >= 0.3 is 6.09 Å². The molecule has 4 rings (SSSR count). The Bertz CT molecular complexity index is 861. The summed E-state index contributed by atoms with van der Waals surface area (Å²) in [5, 5.41) is 13.8. The van der Waals surface area contributed by atoms with Gasteiger partial charge < -0.3 is 15.4 Å². The Labute approximate surface area is 169 Å². The minimum absolute atomic E-state index is 0.0526. The van der Waals surface area contributed by atoms with Gasteiger partial charge in [-0.2, -0.15) is 5.10 Å². The molecule has 1 amide bonds. The number of thioether (sulfide) groups is 1. The van der Waals surface area contributed by atoms with Crippen LogP contribution in [-0.4, -0.2) is 38.7 Å². The van der Waals surface area contributed by atoms with Crippen LogP contribution < -0.4 is 10.6 Å². The Morgan fingerprint density at radius 3 is 3.04 bits per heavy atom. The van der Waals surface area contributed by atoms with Gasteiger partial charge in [0.15, 0.2) is 5.82 Å². The van der Waals surface area contributed by atoms with E-state index in [-0.39, 0.29) is 17.7 Å². The van der Waals surface area contributed by atoms with Gasteiger partial charge in [0.1, 0.15) is 11.9 Å². The summed E-state index contributed by atoms with van der Waals surface area (Å²) in [5.41, 5.74) is 2.06. The van der Waals surface area contributed by atoms with Crippen LogP contribution in [0.5, 0.6) is 0 Å². The van der Waals surface area contributed by atoms with E-state index in [9.17, 15) is 4.79 Å². The van der Waals surface area contributed by atoms with Gasteiger partial charge in [0.05, 0.1) is 0 Å². The fraction of sp³-hybridized carbons (Fsp3) is 0.550. The van der Waals surface area contributed by atoms with Crippen LogP contribution in [0, 0.1) is 0 Å². The number of carbonyl (C=O) groups excluding carboxylic acids is 1. The van der Waals surface area contributed by atoms with Gasteiger partial charge in [-0.25, -0.2) is 9.78 Å². The highest BCUT2D eigenvalue weighted by molar-refractivity contribution is 7.99. The van der Waals surface area contributed by atoms with Crippen LogP contribution in [0.1, 0.15) is 57.2 Å². The molecule has 150 valence electrons. The Balaban J connectivity index is 1.35. The van der Waals surface area contributed by atoms with Crippen molar-refractivity contribution in [1.82, 2.24) is 20.5 Å². The first-order chi connectivity index (χ1) is 13.4. The molecule has 1 aliphatic heterocycles. The summed E-state index contributed by atoms with van der Waals surface area (Å²) in [4.78, 5) is 17.8. The second kappa shape index (κ2) is 7.66. The predicted molar refractivity (Wildman–Crippen MR) is 110 cm³/mol. The highest BCUT2D eigenvalue weighted by Gasteiger charge is 2.30. The maximum atomic E-state index is 12.0. The van der Waals surface area contributed by atoms with E-state index < -0.39 is 0 Å². The van der Waals surface area contributed by atoms with Crippen molar-refractivity contribution in [1.29, 1.82) is 0 Å². The van der Waals surface area contributed by atoms with Crippen molar-refractivity contribution >= 4 is 29.5 Å². The van der Waals surface area contributed by atoms with Crippen molar-refractivity contribution in [2.45, 2.75) is 68.9 Å². The number of ether oxygens (including phenoxy) is 1. The van der Waals surface area contributed by atoms with Gasteiger partial charge in [-0.15, -0.1) is 11.8 Å². The monoisotopic (exact) mass is 401 g/mol. The molecule has 2 atom stereocenters. The number of carbonyl (C=O) groups is 1. The molecule has 1 fully saturated rings. The molecule has 0 aromatic carbocycles. The molecule has 0 radical (unpaired) electrons. The lowest BCUT2D eigenvalue weighted by molar-refractivity contribution is 0.0937. The van der Waals surface area contributed by atoms with E-state index in [0.717, 1.165) is 48.8 Å². The molecule has 2 aliphatic rings. The normalized spacial score (nSPS) is 21.4. The van der Waals surface area contributed by atoms with Gasteiger partial charge in [0, 0.05) is 45.6 Å². The molecule has 7 nitrogen and oxygen atoms in total. The molecule has 0 spiro atoms. The van der Waals surface area contributed by atoms with E-state index in [1.54, 1.807) is 0 Å². The number of hydrogen-bond donors (Lipinski definition) is 3. The summed E-state index contributed by atoms with van der Waals surface area (Å²) >= 11 is 1.87. The quantitative estimate of drug-likeness (QED) is 0.705. The Kier molecular flexibility index (Phi) is 5.23. The van der Waals surface area contributed by atoms with Gasteiger partial charge in [-0.1, -0.05) is 0 Å². The standard InChI is InChI=1S/C20H27N5O2S/c1-20(2,3)23-19(26)27-13-5-4-12(10-13)15-11-17(25-24-15)22-18-14-7-9-28-16(14)6-8-21-18/h6,8,11-13H,4-5,7,9-10H2,1-3H3,(H,23,26)(H2,21,22,24,25)/t12-,13+/m0/s1. The highest BCUT2D eigenvalue weighted by atomic mass is 32.2. The minimum atomic E-state index is -0.341. The maximum Gasteiger partial charge on any atom is 0.407 e. The summed E-state index contributed by atoms with van der Waals surface area (Å²) in [7, 11) is 0. The van der Waals surface area contributed by atoms with Gasteiger partial charge in [0.25, 0.3) is 0 Å². The summed E-state index contributed by atoms with van der Waals surface area (Å²) in [6.45, 7) is 5.83. The highest BCUT2D eigenvalue weighted by Crippen LogP contribution is 2.38. The fourth-order valence-electron chi connectivity index (χ4n) is 3.77. The van der Waals surface area contributed by atoms with Crippen molar-refractivity contribution in [2.24, 2.45) is 0 Å². The lowest BCUT2D eigenvalue weighted by Crippen LogP contribution is -2.42. The van der Waals surface area contributed by atoms with Crippen molar-refractivity contribution in [2.75, 3.05) is 11.1 Å². The van der Waals surface area contributed by atoms with Crippen LogP contribution in [0.25, 0.3) is 0 Å².